The van der Waals surface area contributed by atoms with Crippen LogP contribution in [0.4, 0.5) is 18.0 Å². The lowest BCUT2D eigenvalue weighted by Gasteiger charge is -2.36. The van der Waals surface area contributed by atoms with Crippen molar-refractivity contribution in [2.75, 3.05) is 6.61 Å². The second-order valence-corrected chi connectivity index (χ2v) is 15.9. The smallest absolute Gasteiger partial charge is 0.457 e. The molecule has 0 saturated heterocycles. The molecule has 48 heavy (non-hydrogen) atoms. The third kappa shape index (κ3) is 14.6. The zero-order chi connectivity index (χ0) is 37.0. The molecule has 1 aromatic heterocycles. The fraction of sp³-hybridized carbons (Fsp3) is 0.588. The minimum Gasteiger partial charge on any atom is -0.457 e. The highest BCUT2D eigenvalue weighted by molar-refractivity contribution is 7.09. The van der Waals surface area contributed by atoms with E-state index in [1.54, 1.807) is 59.1 Å². The Morgan fingerprint density at radius 2 is 1.67 bits per heavy atom. The number of hydrogen-bond acceptors (Lipinski definition) is 8. The van der Waals surface area contributed by atoms with Gasteiger partial charge in [0.25, 0.3) is 0 Å². The highest BCUT2D eigenvalue weighted by Crippen LogP contribution is 2.37. The molecule has 5 unspecified atom stereocenters. The van der Waals surface area contributed by atoms with E-state index in [-0.39, 0.29) is 24.5 Å². The molecule has 5 atom stereocenters. The van der Waals surface area contributed by atoms with E-state index in [1.165, 1.54) is 11.3 Å². The molecule has 0 N–H and O–H groups in total. The van der Waals surface area contributed by atoms with Gasteiger partial charge in [-0.25, -0.2) is 9.78 Å². The second-order valence-electron chi connectivity index (χ2n) is 12.3. The summed E-state index contributed by atoms with van der Waals surface area (Å²) < 4.78 is 55.1. The van der Waals surface area contributed by atoms with Gasteiger partial charge in [-0.15, -0.1) is 24.5 Å². The second kappa shape index (κ2) is 19.2. The van der Waals surface area contributed by atoms with Crippen LogP contribution in [-0.2, 0) is 23.8 Å². The van der Waals surface area contributed by atoms with Crippen LogP contribution in [0.2, 0.25) is 0 Å². The maximum absolute atomic E-state index is 13.9. The van der Waals surface area contributed by atoms with Crippen LogP contribution in [0.3, 0.4) is 0 Å². The molecule has 1 heterocycles. The first-order chi connectivity index (χ1) is 22.0. The van der Waals surface area contributed by atoms with E-state index in [1.807, 2.05) is 6.92 Å². The number of Topliss-reactive ketones (excluding diaryl/α,β-unsaturated/α-hetero) is 1. The van der Waals surface area contributed by atoms with E-state index in [4.69, 9.17) is 49.0 Å². The van der Waals surface area contributed by atoms with Crippen molar-refractivity contribution < 1.29 is 41.8 Å². The zero-order valence-electron chi connectivity index (χ0n) is 28.3. The Hall–Kier alpha value is -2.34. The highest BCUT2D eigenvalue weighted by Gasteiger charge is 2.43. The SMILES string of the molecule is C=CC/C(=C/CC(OC(=O)CC(C)C(C)(C)C(=O)C(C)C(OC(=O)OCC(Cl)(Cl)Cl)C(C)CC=C)/C(C)=C/c1csc(C)n1)C(F)(F)F. The Balaban J connectivity index is 3.22. The van der Waals surface area contributed by atoms with Gasteiger partial charge in [0.05, 0.1) is 16.6 Å². The minimum atomic E-state index is -4.58. The van der Waals surface area contributed by atoms with E-state index in [2.05, 4.69) is 18.1 Å². The van der Waals surface area contributed by atoms with E-state index in [0.717, 1.165) is 17.2 Å². The van der Waals surface area contributed by atoms with Gasteiger partial charge in [-0.3, -0.25) is 9.59 Å². The Morgan fingerprint density at radius 1 is 1.04 bits per heavy atom. The molecule has 14 heteroatoms. The van der Waals surface area contributed by atoms with Gasteiger partial charge in [-0.05, 0) is 50.2 Å². The molecule has 0 aromatic carbocycles. The van der Waals surface area contributed by atoms with Crippen LogP contribution < -0.4 is 0 Å². The third-order valence-electron chi connectivity index (χ3n) is 8.03. The summed E-state index contributed by atoms with van der Waals surface area (Å²) in [6.07, 6.45) is -2.64. The van der Waals surface area contributed by atoms with Crippen molar-refractivity contribution in [3.05, 3.63) is 58.6 Å². The number of allylic oxidation sites excluding steroid dienone is 3. The number of rotatable bonds is 18. The van der Waals surface area contributed by atoms with Crippen LogP contribution in [0.1, 0.15) is 77.9 Å². The van der Waals surface area contributed by atoms with Gasteiger partial charge in [-0.1, -0.05) is 87.6 Å². The molecular weight excluding hydrogens is 714 g/mol. The monoisotopic (exact) mass is 757 g/mol. The van der Waals surface area contributed by atoms with Gasteiger partial charge in [0.1, 0.15) is 24.6 Å². The molecule has 0 fully saturated rings. The molecule has 0 aliphatic heterocycles. The molecule has 7 nitrogen and oxygen atoms in total. The summed E-state index contributed by atoms with van der Waals surface area (Å²) in [6, 6.07) is 0. The first-order valence-corrected chi connectivity index (χ1v) is 17.3. The fourth-order valence-electron chi connectivity index (χ4n) is 4.90. The number of alkyl halides is 6. The molecule has 1 aromatic rings. The molecule has 0 bridgehead atoms. The predicted octanol–water partition coefficient (Wildman–Crippen LogP) is 10.6. The summed E-state index contributed by atoms with van der Waals surface area (Å²) in [5.41, 5.74) is -0.834. The van der Waals surface area contributed by atoms with Crippen molar-refractivity contribution in [2.24, 2.45) is 23.2 Å². The molecule has 0 amide bonds. The predicted molar refractivity (Wildman–Crippen MR) is 186 cm³/mol. The number of thiazole rings is 1. The Bertz CT molecular complexity index is 1340. The number of carbonyl (C=O) groups is 3. The number of carbonyl (C=O) groups excluding carboxylic acids is 3. The lowest BCUT2D eigenvalue weighted by atomic mass is 9.69. The molecule has 0 aliphatic carbocycles. The number of aryl methyl sites for hydroxylation is 1. The normalized spacial score (nSPS) is 16.3. The van der Waals surface area contributed by atoms with Crippen molar-refractivity contribution in [3.63, 3.8) is 0 Å². The largest absolute Gasteiger partial charge is 0.508 e. The van der Waals surface area contributed by atoms with Crippen LogP contribution in [0.15, 0.2) is 47.9 Å². The summed E-state index contributed by atoms with van der Waals surface area (Å²) >= 11 is 18.4. The van der Waals surface area contributed by atoms with Crippen LogP contribution >= 0.6 is 46.1 Å². The zero-order valence-corrected chi connectivity index (χ0v) is 31.4. The van der Waals surface area contributed by atoms with Crippen molar-refractivity contribution in [1.29, 1.82) is 0 Å². The van der Waals surface area contributed by atoms with Crippen molar-refractivity contribution >= 4 is 70.1 Å². The Morgan fingerprint density at radius 3 is 2.17 bits per heavy atom. The fourth-order valence-corrected chi connectivity index (χ4v) is 5.64. The number of ketones is 1. The van der Waals surface area contributed by atoms with E-state index >= 15 is 0 Å². The average molecular weight is 759 g/mol. The van der Waals surface area contributed by atoms with E-state index in [0.29, 0.717) is 17.7 Å². The highest BCUT2D eigenvalue weighted by atomic mass is 35.6. The summed E-state index contributed by atoms with van der Waals surface area (Å²) in [7, 11) is 0. The summed E-state index contributed by atoms with van der Waals surface area (Å²) in [5, 5.41) is 2.59. The molecule has 270 valence electrons. The maximum atomic E-state index is 13.9. The lowest BCUT2D eigenvalue weighted by Crippen LogP contribution is -2.44. The van der Waals surface area contributed by atoms with Crippen LogP contribution in [0.25, 0.3) is 6.08 Å². The van der Waals surface area contributed by atoms with Gasteiger partial charge in [-0.2, -0.15) is 13.2 Å². The standard InChI is InChI=1S/C34H45Cl3F3NO6S/c1-10-12-20(3)29(47-31(44)45-19-33(35,36)37)23(6)30(43)32(8,9)22(5)17-28(42)46-27(15-14-25(13-11-2)34(38,39)40)21(4)16-26-18-48-24(7)41-26/h10-11,14,16,18,20,22-23,27,29H,1-2,12-13,15,17,19H2,3-9H3/b21-16+,25-14-. The molecule has 0 spiro atoms. The first kappa shape index (κ1) is 43.7. The van der Waals surface area contributed by atoms with Gasteiger partial charge in [0.2, 0.25) is 3.79 Å². The van der Waals surface area contributed by atoms with Crippen LogP contribution in [0, 0.1) is 30.1 Å². The number of aromatic nitrogens is 1. The summed E-state index contributed by atoms with van der Waals surface area (Å²) in [5.74, 6) is -2.77. The van der Waals surface area contributed by atoms with Crippen molar-refractivity contribution in [3.8, 4) is 0 Å². The van der Waals surface area contributed by atoms with Gasteiger partial charge in [0.15, 0.2) is 0 Å². The van der Waals surface area contributed by atoms with Gasteiger partial charge in [0, 0.05) is 29.2 Å². The molecule has 0 saturated carbocycles. The van der Waals surface area contributed by atoms with Crippen molar-refractivity contribution in [2.45, 2.75) is 96.3 Å². The number of ether oxygens (including phenoxy) is 3. The molecule has 1 rings (SSSR count). The summed E-state index contributed by atoms with van der Waals surface area (Å²) in [4.78, 5) is 44.0. The van der Waals surface area contributed by atoms with Crippen molar-refractivity contribution in [1.82, 2.24) is 4.98 Å². The summed E-state index contributed by atoms with van der Waals surface area (Å²) in [6.45, 7) is 18.5. The third-order valence-corrected chi connectivity index (χ3v) is 9.15. The minimum absolute atomic E-state index is 0.216. The van der Waals surface area contributed by atoms with Crippen LogP contribution in [-0.4, -0.2) is 51.7 Å². The number of halogens is 6. The first-order valence-electron chi connectivity index (χ1n) is 15.3. The lowest BCUT2D eigenvalue weighted by molar-refractivity contribution is -0.150. The van der Waals surface area contributed by atoms with E-state index in [9.17, 15) is 27.6 Å². The number of esters is 1. The average Bonchev–Trinajstić information content (AvgIpc) is 3.38. The number of nitrogens with zero attached hydrogens (tertiary/aromatic N) is 1. The molecule has 0 radical (unpaired) electrons. The molecule has 0 aliphatic rings. The van der Waals surface area contributed by atoms with Gasteiger partial charge >= 0.3 is 18.3 Å². The Labute approximate surface area is 300 Å². The maximum Gasteiger partial charge on any atom is 0.508 e. The Kier molecular flexibility index (Phi) is 17.4. The van der Waals surface area contributed by atoms with Gasteiger partial charge < -0.3 is 14.2 Å². The van der Waals surface area contributed by atoms with E-state index < -0.39 is 70.2 Å². The molecular formula is C34H45Cl3F3NO6S. The number of hydrogen-bond donors (Lipinski definition) is 0. The topological polar surface area (TPSA) is 91.8 Å². The quantitative estimate of drug-likeness (QED) is 0.0836. The van der Waals surface area contributed by atoms with Crippen LogP contribution in [0.5, 0.6) is 0 Å².